The second-order valence-corrected chi connectivity index (χ2v) is 32.6. The van der Waals surface area contributed by atoms with Crippen LogP contribution in [0, 0.1) is 11.8 Å². The summed E-state index contributed by atoms with van der Waals surface area (Å²) in [7, 11) is 0. The van der Waals surface area contributed by atoms with Crippen LogP contribution in [0.25, 0.3) is 0 Å². The standard InChI is InChI=1S/C46H48N4O6.C28H30O2.C20H23N3O4.ClH/c51-34-10-15-38-32(26-34)8-13-37(30-4-2-1-3-5-30)43(38)31-6-11-35(12-7-31)56-36-20-22-48(23-21-36)28-29-18-24-49(25-19-29)33-9-14-39-40(27-33)46(55)50(45(39)54)41-16-17-42(52)47-44(41)53;29-23-14-18-27-22(19-23)13-17-26(20-7-3-1-4-8-20)28(27)21-11-15-25(16-12-21)30-24-9-5-2-6-10-24;1-2-12-7-9-22(10-8-12)13-3-4-14-15(11-13)20(27)23(19(14)26)16-5-6-17(24)21-18(16)25;/h1-7,9-12,14-15,26-27,29,36-37,41,43,51H,8,13,16-25,28H2,(H,47,52,53);1,3-4,7-8,11-12,14-16,18-19,24,26,28-29H,2,5-6,9-10,13,17H2;3-4,11-12,16H,2,5-10H2,1H3,(H,21,24,25);1H/t37-,41?,43+;26-,28+;;/m11../s1. The Labute approximate surface area is 673 Å². The van der Waals surface area contributed by atoms with Crippen molar-refractivity contribution >= 4 is 71.0 Å². The van der Waals surface area contributed by atoms with Gasteiger partial charge in [0.2, 0.25) is 23.6 Å². The van der Waals surface area contributed by atoms with Gasteiger partial charge < -0.3 is 34.4 Å². The number of aryl methyl sites for hydroxylation is 2. The molecule has 18 rings (SSSR count). The fourth-order valence-corrected chi connectivity index (χ4v) is 19.5. The van der Waals surface area contributed by atoms with Crippen molar-refractivity contribution in [3.63, 3.8) is 0 Å². The summed E-state index contributed by atoms with van der Waals surface area (Å²) in [5.74, 6) is 1.48. The molecule has 19 nitrogen and oxygen atoms in total. The highest BCUT2D eigenvalue weighted by Crippen LogP contribution is 2.50. The van der Waals surface area contributed by atoms with E-state index in [0.29, 0.717) is 63.5 Å². The normalized spacial score (nSPS) is 22.9. The third-order valence-corrected chi connectivity index (χ3v) is 25.7. The fourth-order valence-electron chi connectivity index (χ4n) is 19.5. The molecule has 20 heteroatoms. The zero-order valence-corrected chi connectivity index (χ0v) is 65.6. The first-order valence-electron chi connectivity index (χ1n) is 41.3. The minimum Gasteiger partial charge on any atom is -0.508 e. The van der Waals surface area contributed by atoms with E-state index in [1.165, 1.54) is 83.0 Å². The number of aromatic hydroxyl groups is 2. The van der Waals surface area contributed by atoms with Crippen LogP contribution in [0.5, 0.6) is 23.0 Å². The molecule has 8 aromatic rings. The molecule has 1 saturated carbocycles. The largest absolute Gasteiger partial charge is 0.508 e. The number of imide groups is 4. The number of halogens is 1. The summed E-state index contributed by atoms with van der Waals surface area (Å²) in [5, 5.41) is 24.7. The maximum absolute atomic E-state index is 13.3. The van der Waals surface area contributed by atoms with Gasteiger partial charge >= 0.3 is 0 Å². The number of amides is 8. The Hall–Kier alpha value is -10.6. The summed E-state index contributed by atoms with van der Waals surface area (Å²) in [4.78, 5) is 109. The van der Waals surface area contributed by atoms with Gasteiger partial charge in [0.15, 0.2) is 0 Å². The number of ether oxygens (including phenoxy) is 2. The minimum atomic E-state index is -0.959. The van der Waals surface area contributed by atoms with E-state index in [-0.39, 0.29) is 61.9 Å². The lowest BCUT2D eigenvalue weighted by Crippen LogP contribution is -2.54. The lowest BCUT2D eigenvalue weighted by Gasteiger charge is -2.38. The van der Waals surface area contributed by atoms with Crippen LogP contribution in [0.3, 0.4) is 0 Å². The van der Waals surface area contributed by atoms with Gasteiger partial charge in [0.05, 0.1) is 28.4 Å². The second kappa shape index (κ2) is 35.0. The molecule has 0 radical (unpaired) electrons. The molecule has 7 heterocycles. The number of nitrogens with one attached hydrogen (secondary N) is 2. The van der Waals surface area contributed by atoms with E-state index in [0.717, 1.165) is 149 Å². The van der Waals surface area contributed by atoms with Gasteiger partial charge in [0.25, 0.3) is 23.6 Å². The molecule has 6 fully saturated rings. The van der Waals surface area contributed by atoms with E-state index in [1.54, 1.807) is 24.3 Å². The van der Waals surface area contributed by atoms with E-state index in [1.807, 2.05) is 36.4 Å². The van der Waals surface area contributed by atoms with Crippen LogP contribution in [0.1, 0.15) is 232 Å². The third kappa shape index (κ3) is 17.0. The van der Waals surface area contributed by atoms with Crippen molar-refractivity contribution < 1.29 is 58.0 Å². The molecule has 3 aliphatic carbocycles. The van der Waals surface area contributed by atoms with Gasteiger partial charge in [0.1, 0.15) is 41.2 Å². The third-order valence-electron chi connectivity index (χ3n) is 25.7. The van der Waals surface area contributed by atoms with Crippen molar-refractivity contribution in [3.05, 3.63) is 249 Å². The molecule has 114 heavy (non-hydrogen) atoms. The molecular weight excluding hydrogens is 1450 g/mol. The lowest BCUT2D eigenvalue weighted by molar-refractivity contribution is -0.137. The first-order chi connectivity index (χ1) is 55.1. The number of fused-ring (bicyclic) bond motifs is 4. The Kier molecular flexibility index (Phi) is 24.1. The van der Waals surface area contributed by atoms with Gasteiger partial charge in [-0.1, -0.05) is 117 Å². The van der Waals surface area contributed by atoms with E-state index < -0.39 is 47.5 Å². The topological polar surface area (TPSA) is 236 Å². The van der Waals surface area contributed by atoms with Crippen molar-refractivity contribution in [1.29, 1.82) is 0 Å². The van der Waals surface area contributed by atoms with Crippen LogP contribution in [0.2, 0.25) is 0 Å². The van der Waals surface area contributed by atoms with Crippen molar-refractivity contribution in [1.82, 2.24) is 25.3 Å². The molecule has 0 spiro atoms. The Bertz CT molecular complexity index is 4860. The van der Waals surface area contributed by atoms with Crippen LogP contribution < -0.4 is 29.9 Å². The zero-order chi connectivity index (χ0) is 77.8. The van der Waals surface area contributed by atoms with Crippen LogP contribution in [-0.2, 0) is 32.0 Å². The molecule has 4 N–H and O–H groups in total. The summed E-state index contributed by atoms with van der Waals surface area (Å²) in [6.07, 6.45) is 19.0. The first kappa shape index (κ1) is 78.6. The molecule has 10 aliphatic rings. The summed E-state index contributed by atoms with van der Waals surface area (Å²) in [6.45, 7) is 8.93. The highest BCUT2D eigenvalue weighted by atomic mass is 35.5. The number of anilines is 2. The van der Waals surface area contributed by atoms with Gasteiger partial charge in [-0.15, -0.1) is 12.4 Å². The van der Waals surface area contributed by atoms with Gasteiger partial charge in [-0.05, 0) is 256 Å². The SMILES string of the molecule is CCC1CCN(c2ccc3c(c2)C(=O)N(C2CCC(=O)NC2=O)C3=O)CC1.Cl.O=C1CCC(N2C(=O)c3ccc(N4CCC(CN5CCC(Oc6ccc([C@@H]7c8ccc(O)cc8CC[C@@H]7c7ccccc7)cc6)CC5)CC4)cc3C2=O)C(=O)N1.Oc1ccc2c(c1)CC[C@H](c1ccccc1)[C@@H]2c1ccc(OC2CCCCC2)cc1. The van der Waals surface area contributed by atoms with Crippen LogP contribution in [0.4, 0.5) is 11.4 Å². The molecule has 7 aliphatic heterocycles. The maximum Gasteiger partial charge on any atom is 0.262 e. The number of benzene rings is 8. The van der Waals surface area contributed by atoms with Crippen LogP contribution in [-0.4, -0.2) is 142 Å². The van der Waals surface area contributed by atoms with Gasteiger partial charge in [0, 0.05) is 81.9 Å². The van der Waals surface area contributed by atoms with Crippen molar-refractivity contribution in [3.8, 4) is 23.0 Å². The molecule has 592 valence electrons. The molecule has 2 unspecified atom stereocenters. The molecule has 0 aromatic heterocycles. The predicted octanol–water partition coefficient (Wildman–Crippen LogP) is 15.5. The van der Waals surface area contributed by atoms with Crippen molar-refractivity contribution in [2.75, 3.05) is 55.6 Å². The van der Waals surface area contributed by atoms with E-state index in [9.17, 15) is 48.6 Å². The fraction of sp³-hybridized carbons (Fsp3) is 0.404. The van der Waals surface area contributed by atoms with E-state index in [4.69, 9.17) is 9.47 Å². The number of carbonyl (C=O) groups is 8. The Balaban J connectivity index is 0.000000148. The summed E-state index contributed by atoms with van der Waals surface area (Å²) < 4.78 is 12.8. The van der Waals surface area contributed by atoms with Crippen LogP contribution in [0.15, 0.2) is 182 Å². The molecule has 0 bridgehead atoms. The average Bonchev–Trinajstić information content (AvgIpc) is 1.23. The zero-order valence-electron chi connectivity index (χ0n) is 64.8. The Morgan fingerprint density at radius 1 is 0.386 bits per heavy atom. The highest BCUT2D eigenvalue weighted by molar-refractivity contribution is 6.25. The van der Waals surface area contributed by atoms with Gasteiger partial charge in [-0.25, -0.2) is 0 Å². The molecule has 8 aromatic carbocycles. The summed E-state index contributed by atoms with van der Waals surface area (Å²) >= 11 is 0. The summed E-state index contributed by atoms with van der Waals surface area (Å²) in [6, 6.07) is 59.8. The highest BCUT2D eigenvalue weighted by Gasteiger charge is 2.47. The van der Waals surface area contributed by atoms with E-state index >= 15 is 0 Å². The number of phenolic OH excluding ortho intramolecular Hbond substituents is 2. The summed E-state index contributed by atoms with van der Waals surface area (Å²) in [5.41, 5.74) is 13.7. The van der Waals surface area contributed by atoms with Crippen LogP contribution >= 0.6 is 12.4 Å². The van der Waals surface area contributed by atoms with E-state index in [2.05, 4.69) is 154 Å². The number of rotatable bonds is 15. The number of hydrogen-bond donors (Lipinski definition) is 4. The number of hydrogen-bond acceptors (Lipinski definition) is 15. The number of phenols is 2. The number of likely N-dealkylation sites (tertiary alicyclic amines) is 1. The molecule has 6 atom stereocenters. The minimum absolute atomic E-state index is 0. The predicted molar refractivity (Wildman–Crippen MR) is 439 cm³/mol. The molecule has 5 saturated heterocycles. The second-order valence-electron chi connectivity index (χ2n) is 32.6. The Morgan fingerprint density at radius 2 is 0.798 bits per heavy atom. The number of carbonyl (C=O) groups excluding carboxylic acids is 8. The van der Waals surface area contributed by atoms with Crippen molar-refractivity contribution in [2.45, 2.75) is 183 Å². The number of nitrogens with zero attached hydrogens (tertiary/aromatic N) is 5. The average molecular weight is 1560 g/mol. The quantitative estimate of drug-likeness (QED) is 0.0699. The smallest absolute Gasteiger partial charge is 0.262 e. The maximum atomic E-state index is 13.3. The first-order valence-corrected chi connectivity index (χ1v) is 41.3. The Morgan fingerprint density at radius 3 is 1.22 bits per heavy atom. The number of piperidine rings is 5. The van der Waals surface area contributed by atoms with Gasteiger partial charge in [-0.2, -0.15) is 0 Å². The lowest BCUT2D eigenvalue weighted by atomic mass is 9.69. The van der Waals surface area contributed by atoms with Gasteiger partial charge in [-0.3, -0.25) is 58.8 Å². The monoisotopic (exact) mass is 1560 g/mol. The molecule has 8 amide bonds. The van der Waals surface area contributed by atoms with Crippen molar-refractivity contribution in [2.24, 2.45) is 11.8 Å². The molecular formula is C94H102ClN7O12.